The fraction of sp³-hybridized carbons (Fsp3) is 0. The maximum Gasteiger partial charge on any atom is 0.270 e. The average molecular weight is 454 g/mol. The van der Waals surface area contributed by atoms with E-state index < -0.39 is 26.7 Å². The van der Waals surface area contributed by atoms with Gasteiger partial charge < -0.3 is 10.3 Å². The SMILES string of the molecule is O=C(Nc1ccccc1NS(=O)(=O)c1ccc(F)cc1)c1c[nH]c2ccc([N+](=O)[O-])cc12. The Morgan fingerprint density at radius 1 is 1.00 bits per heavy atom. The second kappa shape index (κ2) is 8.12. The number of hydrogen-bond donors (Lipinski definition) is 3. The summed E-state index contributed by atoms with van der Waals surface area (Å²) in [5.41, 5.74) is 0.781. The third-order valence-electron chi connectivity index (χ3n) is 4.66. The molecule has 11 heteroatoms. The Hall–Kier alpha value is -4.25. The van der Waals surface area contributed by atoms with Gasteiger partial charge in [0.2, 0.25) is 0 Å². The molecule has 0 atom stereocenters. The fourth-order valence-electron chi connectivity index (χ4n) is 3.10. The average Bonchev–Trinajstić information content (AvgIpc) is 3.18. The number of nitro groups is 1. The normalized spacial score (nSPS) is 11.3. The first kappa shape index (κ1) is 21.0. The molecule has 0 fully saturated rings. The van der Waals surface area contributed by atoms with Crippen LogP contribution in [-0.2, 0) is 10.0 Å². The molecule has 0 radical (unpaired) electrons. The first-order valence-corrected chi connectivity index (χ1v) is 10.7. The lowest BCUT2D eigenvalue weighted by atomic mass is 10.1. The Morgan fingerprint density at radius 3 is 2.38 bits per heavy atom. The van der Waals surface area contributed by atoms with Crippen LogP contribution in [0.25, 0.3) is 10.9 Å². The number of sulfonamides is 1. The molecular formula is C21H15FN4O5S. The lowest BCUT2D eigenvalue weighted by Gasteiger charge is -2.13. The van der Waals surface area contributed by atoms with Crippen LogP contribution in [0.3, 0.4) is 0 Å². The van der Waals surface area contributed by atoms with Crippen LogP contribution in [0.4, 0.5) is 21.5 Å². The van der Waals surface area contributed by atoms with Crippen molar-refractivity contribution in [2.45, 2.75) is 4.90 Å². The maximum atomic E-state index is 13.1. The van der Waals surface area contributed by atoms with Gasteiger partial charge in [0.1, 0.15) is 5.82 Å². The Morgan fingerprint density at radius 2 is 1.69 bits per heavy atom. The summed E-state index contributed by atoms with van der Waals surface area (Å²) in [7, 11) is -4.04. The number of aromatic amines is 1. The molecule has 0 spiro atoms. The Labute approximate surface area is 181 Å². The van der Waals surface area contributed by atoms with Crippen LogP contribution < -0.4 is 10.0 Å². The molecule has 0 saturated heterocycles. The second-order valence-corrected chi connectivity index (χ2v) is 8.43. The molecule has 4 aromatic rings. The highest BCUT2D eigenvalue weighted by Gasteiger charge is 2.19. The molecule has 3 aromatic carbocycles. The van der Waals surface area contributed by atoms with Crippen LogP contribution in [0.1, 0.15) is 10.4 Å². The monoisotopic (exact) mass is 454 g/mol. The number of non-ortho nitro benzene ring substituents is 1. The van der Waals surface area contributed by atoms with Crippen molar-refractivity contribution in [2.75, 3.05) is 10.0 Å². The zero-order valence-electron chi connectivity index (χ0n) is 16.2. The molecule has 1 aromatic heterocycles. The van der Waals surface area contributed by atoms with Gasteiger partial charge in [-0.05, 0) is 42.5 Å². The minimum atomic E-state index is -4.04. The van der Waals surface area contributed by atoms with Crippen molar-refractivity contribution < 1.29 is 22.5 Å². The number of rotatable bonds is 6. The number of halogens is 1. The summed E-state index contributed by atoms with van der Waals surface area (Å²) in [5, 5.41) is 14.0. The lowest BCUT2D eigenvalue weighted by Crippen LogP contribution is -2.17. The van der Waals surface area contributed by atoms with Gasteiger partial charge >= 0.3 is 0 Å². The minimum Gasteiger partial charge on any atom is -0.360 e. The molecule has 4 rings (SSSR count). The zero-order valence-corrected chi connectivity index (χ0v) is 17.0. The number of nitrogens with one attached hydrogen (secondary N) is 3. The number of carbonyl (C=O) groups excluding carboxylic acids is 1. The number of hydrogen-bond acceptors (Lipinski definition) is 5. The molecule has 162 valence electrons. The summed E-state index contributed by atoms with van der Waals surface area (Å²) in [6.07, 6.45) is 1.41. The molecule has 9 nitrogen and oxygen atoms in total. The molecule has 3 N–H and O–H groups in total. The summed E-state index contributed by atoms with van der Waals surface area (Å²) >= 11 is 0. The Kier molecular flexibility index (Phi) is 5.33. The van der Waals surface area contributed by atoms with Gasteiger partial charge in [0, 0.05) is 29.2 Å². The number of nitrogens with zero attached hydrogens (tertiary/aromatic N) is 1. The van der Waals surface area contributed by atoms with Crippen molar-refractivity contribution in [2.24, 2.45) is 0 Å². The van der Waals surface area contributed by atoms with E-state index in [2.05, 4.69) is 15.0 Å². The van der Waals surface area contributed by atoms with Gasteiger partial charge in [0.15, 0.2) is 0 Å². The van der Waals surface area contributed by atoms with E-state index >= 15 is 0 Å². The minimum absolute atomic E-state index is 0.0935. The van der Waals surface area contributed by atoms with Crippen molar-refractivity contribution in [3.05, 3.63) is 94.4 Å². The molecule has 0 unspecified atom stereocenters. The molecule has 0 aliphatic carbocycles. The third-order valence-corrected chi connectivity index (χ3v) is 6.05. The number of nitro benzene ring substituents is 1. The van der Waals surface area contributed by atoms with Crippen LogP contribution in [0.15, 0.2) is 77.8 Å². The largest absolute Gasteiger partial charge is 0.360 e. The van der Waals surface area contributed by atoms with E-state index in [1.54, 1.807) is 12.1 Å². The lowest BCUT2D eigenvalue weighted by molar-refractivity contribution is -0.384. The van der Waals surface area contributed by atoms with Crippen molar-refractivity contribution in [3.63, 3.8) is 0 Å². The highest BCUT2D eigenvalue weighted by Crippen LogP contribution is 2.28. The highest BCUT2D eigenvalue weighted by molar-refractivity contribution is 7.92. The zero-order chi connectivity index (χ0) is 22.9. The van der Waals surface area contributed by atoms with Crippen molar-refractivity contribution >= 4 is 43.9 Å². The van der Waals surface area contributed by atoms with Crippen molar-refractivity contribution in [1.29, 1.82) is 0 Å². The first-order valence-electron chi connectivity index (χ1n) is 9.19. The van der Waals surface area contributed by atoms with Crippen molar-refractivity contribution in [3.8, 4) is 0 Å². The van der Waals surface area contributed by atoms with Gasteiger partial charge in [-0.15, -0.1) is 0 Å². The molecule has 1 amide bonds. The molecule has 0 saturated carbocycles. The quantitative estimate of drug-likeness (QED) is 0.295. The topological polar surface area (TPSA) is 134 Å². The molecule has 32 heavy (non-hydrogen) atoms. The van der Waals surface area contributed by atoms with E-state index in [1.807, 2.05) is 0 Å². The summed E-state index contributed by atoms with van der Waals surface area (Å²) in [4.78, 5) is 26.1. The molecular weight excluding hydrogens is 439 g/mol. The number of H-pyrrole nitrogens is 1. The van der Waals surface area contributed by atoms with E-state index in [0.717, 1.165) is 24.3 Å². The molecule has 0 bridgehead atoms. The molecule has 0 aliphatic rings. The van der Waals surface area contributed by atoms with Crippen LogP contribution in [0, 0.1) is 15.9 Å². The standard InChI is InChI=1S/C21H15FN4O5S/c22-13-5-8-15(9-6-13)32(30,31)25-20-4-2-1-3-19(20)24-21(27)17-12-23-18-10-7-14(26(28)29)11-16(17)18/h1-12,23,25H,(H,24,27). The molecule has 1 heterocycles. The third kappa shape index (κ3) is 4.14. The van der Waals surface area contributed by atoms with Crippen LogP contribution >= 0.6 is 0 Å². The van der Waals surface area contributed by atoms with Crippen LogP contribution in [0.5, 0.6) is 0 Å². The van der Waals surface area contributed by atoms with Gasteiger partial charge in [-0.3, -0.25) is 19.6 Å². The summed E-state index contributed by atoms with van der Waals surface area (Å²) in [6.45, 7) is 0. The summed E-state index contributed by atoms with van der Waals surface area (Å²) in [6, 6.07) is 14.5. The smallest absolute Gasteiger partial charge is 0.270 e. The van der Waals surface area contributed by atoms with Crippen LogP contribution in [0.2, 0.25) is 0 Å². The Balaban J connectivity index is 1.63. The first-order chi connectivity index (χ1) is 15.2. The van der Waals surface area contributed by atoms with E-state index in [1.165, 1.54) is 36.5 Å². The number of benzene rings is 3. The predicted octanol–water partition coefficient (Wildman–Crippen LogP) is 4.27. The highest BCUT2D eigenvalue weighted by atomic mass is 32.2. The van der Waals surface area contributed by atoms with Gasteiger partial charge in [0.25, 0.3) is 21.6 Å². The van der Waals surface area contributed by atoms with Gasteiger partial charge in [-0.25, -0.2) is 12.8 Å². The van der Waals surface area contributed by atoms with Crippen LogP contribution in [-0.4, -0.2) is 24.2 Å². The number of amides is 1. The number of fused-ring (bicyclic) bond motifs is 1. The fourth-order valence-corrected chi connectivity index (χ4v) is 4.18. The predicted molar refractivity (Wildman–Crippen MR) is 117 cm³/mol. The van der Waals surface area contributed by atoms with Gasteiger partial charge in [-0.2, -0.15) is 0 Å². The van der Waals surface area contributed by atoms with Crippen molar-refractivity contribution in [1.82, 2.24) is 4.98 Å². The number of carbonyl (C=O) groups is 1. The summed E-state index contributed by atoms with van der Waals surface area (Å²) in [5.74, 6) is -1.17. The van der Waals surface area contributed by atoms with E-state index in [-0.39, 0.29) is 27.5 Å². The van der Waals surface area contributed by atoms with Gasteiger partial charge in [0.05, 0.1) is 26.8 Å². The number of para-hydroxylation sites is 2. The molecule has 0 aliphatic heterocycles. The van der Waals surface area contributed by atoms with Gasteiger partial charge in [-0.1, -0.05) is 12.1 Å². The van der Waals surface area contributed by atoms with E-state index in [0.29, 0.717) is 10.9 Å². The maximum absolute atomic E-state index is 13.1. The van der Waals surface area contributed by atoms with E-state index in [9.17, 15) is 27.7 Å². The number of anilines is 2. The number of aromatic nitrogens is 1. The second-order valence-electron chi connectivity index (χ2n) is 6.75. The summed E-state index contributed by atoms with van der Waals surface area (Å²) < 4.78 is 40.8. The van der Waals surface area contributed by atoms with E-state index in [4.69, 9.17) is 0 Å². The Bertz CT molecular complexity index is 1450.